The van der Waals surface area contributed by atoms with Crippen molar-refractivity contribution < 1.29 is 23.8 Å². The summed E-state index contributed by atoms with van der Waals surface area (Å²) in [5.74, 6) is -0.0873. The minimum atomic E-state index is -0.511. The van der Waals surface area contributed by atoms with Crippen LogP contribution in [0.4, 0.5) is 0 Å². The van der Waals surface area contributed by atoms with E-state index in [0.29, 0.717) is 37.6 Å². The number of carbonyl (C=O) groups excluding carboxylic acids is 2. The number of likely N-dealkylation sites (tertiary alicyclic amines) is 1. The summed E-state index contributed by atoms with van der Waals surface area (Å²) in [7, 11) is 1.35. The summed E-state index contributed by atoms with van der Waals surface area (Å²) in [5.41, 5.74) is 0.445. The number of aromatic nitrogens is 1. The first kappa shape index (κ1) is 16.7. The average molecular weight is 334 g/mol. The molecule has 2 unspecified atom stereocenters. The molecule has 0 N–H and O–H groups in total. The summed E-state index contributed by atoms with van der Waals surface area (Å²) in [6, 6.07) is 2.86. The van der Waals surface area contributed by atoms with E-state index in [1.54, 1.807) is 17.0 Å². The Morgan fingerprint density at radius 3 is 2.83 bits per heavy atom. The van der Waals surface area contributed by atoms with Gasteiger partial charge in [-0.3, -0.25) is 4.79 Å². The lowest BCUT2D eigenvalue weighted by Gasteiger charge is -2.33. The second-order valence-electron chi connectivity index (χ2n) is 6.02. The van der Waals surface area contributed by atoms with Gasteiger partial charge in [-0.05, 0) is 25.3 Å². The highest BCUT2D eigenvalue weighted by molar-refractivity contribution is 5.96. The van der Waals surface area contributed by atoms with Gasteiger partial charge in [0, 0.05) is 25.2 Å². The molecule has 0 spiro atoms. The number of amides is 1. The summed E-state index contributed by atoms with van der Waals surface area (Å²) in [4.78, 5) is 30.4. The molecule has 0 bridgehead atoms. The van der Waals surface area contributed by atoms with Gasteiger partial charge in [-0.1, -0.05) is 0 Å². The van der Waals surface area contributed by atoms with E-state index in [4.69, 9.17) is 14.2 Å². The molecule has 2 aliphatic heterocycles. The number of rotatable bonds is 4. The SMILES string of the molecule is COC(=O)C1CCCCN1C(=O)c1ccc(OC2CCOC2)nc1. The third kappa shape index (κ3) is 3.67. The van der Waals surface area contributed by atoms with Crippen LogP contribution in [0.25, 0.3) is 0 Å². The van der Waals surface area contributed by atoms with Crippen LogP contribution in [0.3, 0.4) is 0 Å². The zero-order chi connectivity index (χ0) is 16.9. The number of nitrogens with zero attached hydrogens (tertiary/aromatic N) is 2. The Bertz CT molecular complexity index is 583. The van der Waals surface area contributed by atoms with Gasteiger partial charge >= 0.3 is 5.97 Å². The van der Waals surface area contributed by atoms with Crippen LogP contribution in [0, 0.1) is 0 Å². The van der Waals surface area contributed by atoms with E-state index in [2.05, 4.69) is 4.98 Å². The molecule has 24 heavy (non-hydrogen) atoms. The van der Waals surface area contributed by atoms with Gasteiger partial charge in [0.2, 0.25) is 5.88 Å². The predicted molar refractivity (Wildman–Crippen MR) is 84.8 cm³/mol. The summed E-state index contributed by atoms with van der Waals surface area (Å²) in [6.07, 6.45) is 4.79. The molecule has 0 radical (unpaired) electrons. The first-order valence-electron chi connectivity index (χ1n) is 8.28. The van der Waals surface area contributed by atoms with Crippen LogP contribution in [0.5, 0.6) is 5.88 Å². The Hall–Kier alpha value is -2.15. The first-order chi connectivity index (χ1) is 11.7. The van der Waals surface area contributed by atoms with E-state index in [1.165, 1.54) is 13.3 Å². The van der Waals surface area contributed by atoms with Crippen molar-refractivity contribution in [3.05, 3.63) is 23.9 Å². The van der Waals surface area contributed by atoms with Crippen molar-refractivity contribution in [1.29, 1.82) is 0 Å². The van der Waals surface area contributed by atoms with Crippen molar-refractivity contribution in [1.82, 2.24) is 9.88 Å². The van der Waals surface area contributed by atoms with Crippen LogP contribution in [-0.2, 0) is 14.3 Å². The highest BCUT2D eigenvalue weighted by Gasteiger charge is 2.33. The number of hydrogen-bond donors (Lipinski definition) is 0. The van der Waals surface area contributed by atoms with E-state index in [1.807, 2.05) is 0 Å². The molecular weight excluding hydrogens is 312 g/mol. The zero-order valence-electron chi connectivity index (χ0n) is 13.8. The minimum absolute atomic E-state index is 0.0184. The third-order valence-electron chi connectivity index (χ3n) is 4.40. The molecule has 130 valence electrons. The molecule has 3 rings (SSSR count). The molecule has 7 heteroatoms. The maximum atomic E-state index is 12.7. The first-order valence-corrected chi connectivity index (χ1v) is 8.28. The summed E-state index contributed by atoms with van der Waals surface area (Å²) < 4.78 is 15.8. The molecular formula is C17H22N2O5. The topological polar surface area (TPSA) is 78.0 Å². The molecule has 1 aromatic heterocycles. The second kappa shape index (κ2) is 7.61. The molecule has 1 aromatic rings. The molecule has 2 aliphatic rings. The van der Waals surface area contributed by atoms with Crippen molar-refractivity contribution in [3.8, 4) is 5.88 Å². The van der Waals surface area contributed by atoms with Gasteiger partial charge in [0.05, 0.1) is 25.9 Å². The zero-order valence-corrected chi connectivity index (χ0v) is 13.8. The van der Waals surface area contributed by atoms with Gasteiger partial charge < -0.3 is 19.1 Å². The van der Waals surface area contributed by atoms with Crippen molar-refractivity contribution in [2.24, 2.45) is 0 Å². The molecule has 2 fully saturated rings. The number of hydrogen-bond acceptors (Lipinski definition) is 6. The van der Waals surface area contributed by atoms with E-state index < -0.39 is 6.04 Å². The van der Waals surface area contributed by atoms with Crippen LogP contribution < -0.4 is 4.74 Å². The van der Waals surface area contributed by atoms with Crippen LogP contribution in [0.1, 0.15) is 36.0 Å². The van der Waals surface area contributed by atoms with Gasteiger partial charge in [0.1, 0.15) is 12.1 Å². The average Bonchev–Trinajstić information content (AvgIpc) is 3.14. The number of esters is 1. The van der Waals surface area contributed by atoms with Crippen molar-refractivity contribution in [2.45, 2.75) is 37.8 Å². The molecule has 2 atom stereocenters. The number of carbonyl (C=O) groups is 2. The van der Waals surface area contributed by atoms with Crippen molar-refractivity contribution >= 4 is 11.9 Å². The van der Waals surface area contributed by atoms with E-state index in [9.17, 15) is 9.59 Å². The minimum Gasteiger partial charge on any atom is -0.472 e. The fourth-order valence-electron chi connectivity index (χ4n) is 3.07. The third-order valence-corrected chi connectivity index (χ3v) is 4.40. The maximum Gasteiger partial charge on any atom is 0.328 e. The largest absolute Gasteiger partial charge is 0.472 e. The fraction of sp³-hybridized carbons (Fsp3) is 0.588. The van der Waals surface area contributed by atoms with Crippen molar-refractivity contribution in [3.63, 3.8) is 0 Å². The highest BCUT2D eigenvalue weighted by Crippen LogP contribution is 2.21. The number of ether oxygens (including phenoxy) is 3. The Kier molecular flexibility index (Phi) is 5.30. The molecule has 7 nitrogen and oxygen atoms in total. The monoisotopic (exact) mass is 334 g/mol. The van der Waals surface area contributed by atoms with Crippen LogP contribution in [0.15, 0.2) is 18.3 Å². The quantitative estimate of drug-likeness (QED) is 0.775. The smallest absolute Gasteiger partial charge is 0.328 e. The van der Waals surface area contributed by atoms with Crippen LogP contribution in [0.2, 0.25) is 0 Å². The lowest BCUT2D eigenvalue weighted by atomic mass is 10.0. The molecule has 0 saturated carbocycles. The number of pyridine rings is 1. The maximum absolute atomic E-state index is 12.7. The molecule has 2 saturated heterocycles. The molecule has 0 aliphatic carbocycles. The van der Waals surface area contributed by atoms with Gasteiger partial charge in [0.15, 0.2) is 0 Å². The van der Waals surface area contributed by atoms with Gasteiger partial charge in [0.25, 0.3) is 5.91 Å². The predicted octanol–water partition coefficient (Wildman–Crippen LogP) is 1.42. The van der Waals surface area contributed by atoms with Crippen LogP contribution in [-0.4, -0.2) is 60.8 Å². The Balaban J connectivity index is 1.68. The Morgan fingerprint density at radius 1 is 1.29 bits per heavy atom. The van der Waals surface area contributed by atoms with E-state index >= 15 is 0 Å². The highest BCUT2D eigenvalue weighted by atomic mass is 16.5. The van der Waals surface area contributed by atoms with Crippen molar-refractivity contribution in [2.75, 3.05) is 26.9 Å². The van der Waals surface area contributed by atoms with E-state index in [0.717, 1.165) is 19.3 Å². The summed E-state index contributed by atoms with van der Waals surface area (Å²) >= 11 is 0. The summed E-state index contributed by atoms with van der Waals surface area (Å²) in [6.45, 7) is 1.82. The van der Waals surface area contributed by atoms with Crippen LogP contribution >= 0.6 is 0 Å². The van der Waals surface area contributed by atoms with Gasteiger partial charge in [-0.2, -0.15) is 0 Å². The summed E-state index contributed by atoms with van der Waals surface area (Å²) in [5, 5.41) is 0. The molecule has 0 aromatic carbocycles. The Morgan fingerprint density at radius 2 is 2.17 bits per heavy atom. The van der Waals surface area contributed by atoms with Gasteiger partial charge in [-0.25, -0.2) is 9.78 Å². The lowest BCUT2D eigenvalue weighted by Crippen LogP contribution is -2.48. The lowest BCUT2D eigenvalue weighted by molar-refractivity contribution is -0.147. The number of piperidine rings is 1. The Labute approximate surface area is 140 Å². The normalized spacial score (nSPS) is 23.8. The molecule has 3 heterocycles. The standard InChI is InChI=1S/C17H22N2O5/c1-22-17(21)14-4-2-3-8-19(14)16(20)12-5-6-15(18-10-12)24-13-7-9-23-11-13/h5-6,10,13-14H,2-4,7-9,11H2,1H3. The second-order valence-corrected chi connectivity index (χ2v) is 6.02. The number of methoxy groups -OCH3 is 1. The van der Waals surface area contributed by atoms with Gasteiger partial charge in [-0.15, -0.1) is 0 Å². The molecule has 1 amide bonds. The fourth-order valence-corrected chi connectivity index (χ4v) is 3.07. The van der Waals surface area contributed by atoms with E-state index in [-0.39, 0.29) is 18.0 Å².